The highest BCUT2D eigenvalue weighted by atomic mass is 35.5. The summed E-state index contributed by atoms with van der Waals surface area (Å²) in [5.41, 5.74) is 0.837. The smallest absolute Gasteiger partial charge is 0.293 e. The molecule has 7 heteroatoms. The zero-order chi connectivity index (χ0) is 12.0. The lowest BCUT2D eigenvalue weighted by atomic mass is 10.3. The van der Waals surface area contributed by atoms with E-state index in [0.29, 0.717) is 22.3 Å². The van der Waals surface area contributed by atoms with E-state index < -0.39 is 5.56 Å². The first-order valence-corrected chi connectivity index (χ1v) is 5.10. The van der Waals surface area contributed by atoms with E-state index in [1.807, 2.05) is 0 Å². The number of aromatic amines is 1. The van der Waals surface area contributed by atoms with Crippen LogP contribution in [0.5, 0.6) is 0 Å². The lowest BCUT2D eigenvalue weighted by Crippen LogP contribution is -2.11. The average Bonchev–Trinajstić information content (AvgIpc) is 2.73. The van der Waals surface area contributed by atoms with Crippen LogP contribution in [0, 0.1) is 0 Å². The number of halogens is 1. The van der Waals surface area contributed by atoms with Gasteiger partial charge in [-0.3, -0.25) is 9.59 Å². The molecule has 0 atom stereocenters. The minimum atomic E-state index is -0.416. The number of nitrogens with one attached hydrogen (secondary N) is 1. The van der Waals surface area contributed by atoms with Crippen LogP contribution in [0.2, 0.25) is 5.02 Å². The maximum absolute atomic E-state index is 11.7. The van der Waals surface area contributed by atoms with E-state index in [0.717, 1.165) is 0 Å². The largest absolute Gasteiger partial charge is 0.317 e. The molecule has 3 aromatic rings. The lowest BCUT2D eigenvalue weighted by Gasteiger charge is -2.00. The SMILES string of the molecule is O=Cc1nc2c(=O)[nH]c3cc(Cl)ccc3n2n1. The van der Waals surface area contributed by atoms with Crippen LogP contribution in [0.1, 0.15) is 10.6 Å². The van der Waals surface area contributed by atoms with Crippen LogP contribution in [0.3, 0.4) is 0 Å². The van der Waals surface area contributed by atoms with Gasteiger partial charge in [-0.1, -0.05) is 11.6 Å². The Morgan fingerprint density at radius 1 is 1.41 bits per heavy atom. The van der Waals surface area contributed by atoms with Crippen molar-refractivity contribution in [3.63, 3.8) is 0 Å². The van der Waals surface area contributed by atoms with E-state index in [1.165, 1.54) is 4.52 Å². The van der Waals surface area contributed by atoms with Gasteiger partial charge >= 0.3 is 0 Å². The highest BCUT2D eigenvalue weighted by Crippen LogP contribution is 2.16. The predicted octanol–water partition coefficient (Wildman–Crippen LogP) is 1.04. The lowest BCUT2D eigenvalue weighted by molar-refractivity contribution is 0.111. The molecule has 1 aromatic carbocycles. The van der Waals surface area contributed by atoms with Crippen molar-refractivity contribution in [2.75, 3.05) is 0 Å². The molecule has 0 bridgehead atoms. The molecule has 84 valence electrons. The van der Waals surface area contributed by atoms with Gasteiger partial charge in [-0.15, -0.1) is 5.10 Å². The van der Waals surface area contributed by atoms with Gasteiger partial charge in [-0.25, -0.2) is 4.52 Å². The highest BCUT2D eigenvalue weighted by molar-refractivity contribution is 6.31. The number of aromatic nitrogens is 4. The minimum absolute atomic E-state index is 0.0297. The molecule has 0 fully saturated rings. The first kappa shape index (κ1) is 9.98. The summed E-state index contributed by atoms with van der Waals surface area (Å²) >= 11 is 5.83. The third-order valence-electron chi connectivity index (χ3n) is 2.37. The summed E-state index contributed by atoms with van der Waals surface area (Å²) in [6, 6.07) is 4.98. The molecule has 0 aliphatic rings. The predicted molar refractivity (Wildman–Crippen MR) is 61.5 cm³/mol. The van der Waals surface area contributed by atoms with Crippen molar-refractivity contribution >= 4 is 34.6 Å². The summed E-state index contributed by atoms with van der Waals surface area (Å²) in [5, 5.41) is 4.43. The Labute approximate surface area is 98.8 Å². The third kappa shape index (κ3) is 1.42. The Balaban J connectivity index is 2.58. The molecule has 1 N–H and O–H groups in total. The summed E-state index contributed by atoms with van der Waals surface area (Å²) in [5.74, 6) is -0.0297. The van der Waals surface area contributed by atoms with E-state index in [4.69, 9.17) is 11.6 Å². The van der Waals surface area contributed by atoms with Crippen LogP contribution in [0.25, 0.3) is 16.7 Å². The number of carbonyl (C=O) groups excluding carboxylic acids is 1. The zero-order valence-corrected chi connectivity index (χ0v) is 9.10. The van der Waals surface area contributed by atoms with Crippen molar-refractivity contribution in [1.29, 1.82) is 0 Å². The van der Waals surface area contributed by atoms with E-state index in [-0.39, 0.29) is 11.5 Å². The van der Waals surface area contributed by atoms with Crippen LogP contribution in [0.4, 0.5) is 0 Å². The normalized spacial score (nSPS) is 11.1. The first-order chi connectivity index (χ1) is 8.19. The second kappa shape index (κ2) is 3.39. The van der Waals surface area contributed by atoms with Crippen molar-refractivity contribution < 1.29 is 4.79 Å². The number of fused-ring (bicyclic) bond motifs is 3. The van der Waals surface area contributed by atoms with Gasteiger partial charge in [0.15, 0.2) is 6.29 Å². The molecule has 2 aromatic heterocycles. The fourth-order valence-electron chi connectivity index (χ4n) is 1.66. The average molecular weight is 249 g/mol. The molecule has 0 saturated heterocycles. The molecule has 0 radical (unpaired) electrons. The number of rotatable bonds is 1. The van der Waals surface area contributed by atoms with Gasteiger partial charge in [0.2, 0.25) is 11.5 Å². The maximum atomic E-state index is 11.7. The van der Waals surface area contributed by atoms with E-state index >= 15 is 0 Å². The van der Waals surface area contributed by atoms with Crippen molar-refractivity contribution in [1.82, 2.24) is 19.6 Å². The molecular formula is C10H5ClN4O2. The zero-order valence-electron chi connectivity index (χ0n) is 8.35. The van der Waals surface area contributed by atoms with Gasteiger partial charge in [-0.2, -0.15) is 4.98 Å². The van der Waals surface area contributed by atoms with Gasteiger partial charge in [-0.05, 0) is 18.2 Å². The Kier molecular flexibility index (Phi) is 1.99. The van der Waals surface area contributed by atoms with E-state index in [2.05, 4.69) is 15.1 Å². The molecule has 0 aliphatic heterocycles. The van der Waals surface area contributed by atoms with Crippen molar-refractivity contribution in [3.05, 3.63) is 39.4 Å². The molecule has 6 nitrogen and oxygen atoms in total. The van der Waals surface area contributed by atoms with Crippen molar-refractivity contribution in [3.8, 4) is 0 Å². The number of hydrogen-bond acceptors (Lipinski definition) is 4. The maximum Gasteiger partial charge on any atom is 0.293 e. The van der Waals surface area contributed by atoms with Gasteiger partial charge in [0.1, 0.15) is 0 Å². The van der Waals surface area contributed by atoms with Crippen LogP contribution in [-0.4, -0.2) is 25.9 Å². The monoisotopic (exact) mass is 248 g/mol. The number of nitrogens with zero attached hydrogens (tertiary/aromatic N) is 3. The quantitative estimate of drug-likeness (QED) is 0.653. The molecule has 0 aliphatic carbocycles. The number of benzene rings is 1. The summed E-state index contributed by atoms with van der Waals surface area (Å²) in [7, 11) is 0. The molecule has 3 rings (SSSR count). The molecular weight excluding hydrogens is 244 g/mol. The molecule has 0 unspecified atom stereocenters. The molecule has 0 spiro atoms. The van der Waals surface area contributed by atoms with E-state index in [9.17, 15) is 9.59 Å². The van der Waals surface area contributed by atoms with Gasteiger partial charge in [0.05, 0.1) is 11.0 Å². The van der Waals surface area contributed by atoms with Crippen LogP contribution in [0.15, 0.2) is 23.0 Å². The Morgan fingerprint density at radius 2 is 2.24 bits per heavy atom. The van der Waals surface area contributed by atoms with Gasteiger partial charge < -0.3 is 4.98 Å². The van der Waals surface area contributed by atoms with Crippen LogP contribution < -0.4 is 5.56 Å². The highest BCUT2D eigenvalue weighted by Gasteiger charge is 2.10. The second-order valence-corrected chi connectivity index (χ2v) is 3.88. The fraction of sp³-hybridized carbons (Fsp3) is 0. The molecule has 0 amide bonds. The Bertz CT molecular complexity index is 805. The number of aldehydes is 1. The second-order valence-electron chi connectivity index (χ2n) is 3.44. The summed E-state index contributed by atoms with van der Waals surface area (Å²) in [6.45, 7) is 0. The number of carbonyl (C=O) groups is 1. The Hall–Kier alpha value is -2.21. The summed E-state index contributed by atoms with van der Waals surface area (Å²) in [4.78, 5) is 28.7. The first-order valence-electron chi connectivity index (χ1n) is 4.72. The van der Waals surface area contributed by atoms with Gasteiger partial charge in [0.25, 0.3) is 5.56 Å². The van der Waals surface area contributed by atoms with Gasteiger partial charge in [0, 0.05) is 5.02 Å². The summed E-state index contributed by atoms with van der Waals surface area (Å²) in [6.07, 6.45) is 0.494. The van der Waals surface area contributed by atoms with Crippen molar-refractivity contribution in [2.24, 2.45) is 0 Å². The standard InChI is InChI=1S/C10H5ClN4O2/c11-5-1-2-7-6(3-5)12-10(17)9-13-8(4-16)14-15(7)9/h1-4H,(H,12,17). The number of hydrogen-bond donors (Lipinski definition) is 1. The molecule has 0 saturated carbocycles. The third-order valence-corrected chi connectivity index (χ3v) is 2.60. The van der Waals surface area contributed by atoms with E-state index in [1.54, 1.807) is 18.2 Å². The Morgan fingerprint density at radius 3 is 3.00 bits per heavy atom. The topological polar surface area (TPSA) is 80.1 Å². The summed E-state index contributed by atoms with van der Waals surface area (Å²) < 4.78 is 1.33. The molecule has 2 heterocycles. The van der Waals surface area contributed by atoms with Crippen molar-refractivity contribution in [2.45, 2.75) is 0 Å². The minimum Gasteiger partial charge on any atom is -0.317 e. The van der Waals surface area contributed by atoms with Crippen LogP contribution in [-0.2, 0) is 0 Å². The fourth-order valence-corrected chi connectivity index (χ4v) is 1.84. The number of H-pyrrole nitrogens is 1. The van der Waals surface area contributed by atoms with Crippen LogP contribution >= 0.6 is 11.6 Å². The molecule has 17 heavy (non-hydrogen) atoms.